The Morgan fingerprint density at radius 3 is 2.90 bits per heavy atom. The van der Waals surface area contributed by atoms with Crippen LogP contribution in [0.15, 0.2) is 23.8 Å². The first kappa shape index (κ1) is 14.0. The number of aryl methyl sites for hydroxylation is 1. The molecule has 0 bridgehead atoms. The lowest BCUT2D eigenvalue weighted by Gasteiger charge is -2.16. The molecule has 110 valence electrons. The first-order valence-electron chi connectivity index (χ1n) is 6.74. The van der Waals surface area contributed by atoms with Gasteiger partial charge < -0.3 is 9.88 Å². The number of anilines is 1. The Labute approximate surface area is 127 Å². The van der Waals surface area contributed by atoms with Crippen LogP contribution in [0.1, 0.15) is 11.6 Å². The van der Waals surface area contributed by atoms with Crippen molar-refractivity contribution in [2.24, 2.45) is 7.05 Å². The van der Waals surface area contributed by atoms with Gasteiger partial charge in [-0.1, -0.05) is 0 Å². The van der Waals surface area contributed by atoms with Crippen molar-refractivity contribution in [3.63, 3.8) is 0 Å². The van der Waals surface area contributed by atoms with Gasteiger partial charge in [0.05, 0.1) is 18.5 Å². The molecule has 0 radical (unpaired) electrons. The Bertz CT molecular complexity index is 747. The monoisotopic (exact) mass is 302 g/mol. The maximum atomic E-state index is 4.63. The minimum atomic E-state index is 0.690. The van der Waals surface area contributed by atoms with Crippen molar-refractivity contribution in [3.8, 4) is 0 Å². The molecule has 3 aromatic rings. The molecule has 0 aliphatic rings. The fraction of sp³-hybridized carbons (Fsp3) is 0.357. The van der Waals surface area contributed by atoms with Gasteiger partial charge in [0.25, 0.3) is 0 Å². The Balaban J connectivity index is 1.79. The molecule has 1 N–H and O–H groups in total. The van der Waals surface area contributed by atoms with Crippen LogP contribution in [-0.4, -0.2) is 38.5 Å². The van der Waals surface area contributed by atoms with Crippen LogP contribution in [0.2, 0.25) is 0 Å². The molecular weight excluding hydrogens is 284 g/mol. The van der Waals surface area contributed by atoms with Gasteiger partial charge in [-0.2, -0.15) is 0 Å². The molecule has 7 heteroatoms. The number of hydrogen-bond acceptors (Lipinski definition) is 6. The average molecular weight is 302 g/mol. The van der Waals surface area contributed by atoms with Gasteiger partial charge in [-0.05, 0) is 18.5 Å². The fourth-order valence-corrected chi connectivity index (χ4v) is 3.03. The summed E-state index contributed by atoms with van der Waals surface area (Å²) in [5.41, 5.74) is 0. The zero-order valence-corrected chi connectivity index (χ0v) is 13.2. The lowest BCUT2D eigenvalue weighted by atomic mass is 10.3. The molecule has 0 amide bonds. The van der Waals surface area contributed by atoms with Gasteiger partial charge in [0, 0.05) is 26.5 Å². The zero-order valence-electron chi connectivity index (χ0n) is 12.4. The van der Waals surface area contributed by atoms with E-state index in [4.69, 9.17) is 0 Å². The highest BCUT2D eigenvalue weighted by molar-refractivity contribution is 7.16. The number of thiophene rings is 1. The summed E-state index contributed by atoms with van der Waals surface area (Å²) in [5.74, 6) is 2.75. The minimum absolute atomic E-state index is 0.690. The summed E-state index contributed by atoms with van der Waals surface area (Å²) < 4.78 is 2.03. The third kappa shape index (κ3) is 2.88. The van der Waals surface area contributed by atoms with E-state index >= 15 is 0 Å². The van der Waals surface area contributed by atoms with E-state index in [9.17, 15) is 0 Å². The smallest absolute Gasteiger partial charge is 0.146 e. The van der Waals surface area contributed by atoms with E-state index in [2.05, 4.69) is 32.2 Å². The fourth-order valence-electron chi connectivity index (χ4n) is 2.25. The summed E-state index contributed by atoms with van der Waals surface area (Å²) in [5, 5.41) is 6.27. The van der Waals surface area contributed by atoms with Crippen molar-refractivity contribution >= 4 is 27.4 Å². The molecule has 0 unspecified atom stereocenters. The maximum absolute atomic E-state index is 4.63. The van der Waals surface area contributed by atoms with E-state index in [1.54, 1.807) is 11.3 Å². The molecular formula is C14H18N6S. The number of aromatic nitrogens is 4. The topological polar surface area (TPSA) is 58.9 Å². The minimum Gasteiger partial charge on any atom is -0.372 e. The number of nitrogens with one attached hydrogen (secondary N) is 1. The molecule has 0 aliphatic heterocycles. The zero-order chi connectivity index (χ0) is 14.8. The standard InChI is InChI=1S/C14H18N6S/c1-15-13-10-4-7-21-14(10)18-11(17-13)8-19(2)9-12-16-5-6-20(12)3/h4-7H,8-9H2,1-3H3,(H,15,17,18). The summed E-state index contributed by atoms with van der Waals surface area (Å²) in [7, 11) is 5.94. The Kier molecular flexibility index (Phi) is 3.85. The number of rotatable bonds is 5. The van der Waals surface area contributed by atoms with Gasteiger partial charge in [-0.3, -0.25) is 4.90 Å². The van der Waals surface area contributed by atoms with Gasteiger partial charge >= 0.3 is 0 Å². The number of nitrogens with zero attached hydrogens (tertiary/aromatic N) is 5. The highest BCUT2D eigenvalue weighted by Gasteiger charge is 2.11. The van der Waals surface area contributed by atoms with Crippen LogP contribution in [0.25, 0.3) is 10.2 Å². The maximum Gasteiger partial charge on any atom is 0.146 e. The third-order valence-electron chi connectivity index (χ3n) is 3.35. The Hall–Kier alpha value is -1.99. The Morgan fingerprint density at radius 1 is 1.33 bits per heavy atom. The van der Waals surface area contributed by atoms with Crippen molar-refractivity contribution in [2.75, 3.05) is 19.4 Å². The predicted octanol–water partition coefficient (Wildman–Crippen LogP) is 2.10. The van der Waals surface area contributed by atoms with Crippen LogP contribution >= 0.6 is 11.3 Å². The molecule has 0 fully saturated rings. The van der Waals surface area contributed by atoms with E-state index in [1.165, 1.54) is 0 Å². The second-order valence-corrected chi connectivity index (χ2v) is 5.90. The molecule has 3 heterocycles. The number of fused-ring (bicyclic) bond motifs is 1. The molecule has 0 atom stereocenters. The summed E-state index contributed by atoms with van der Waals surface area (Å²) in [6.07, 6.45) is 3.77. The summed E-state index contributed by atoms with van der Waals surface area (Å²) in [6.45, 7) is 1.46. The van der Waals surface area contributed by atoms with Crippen LogP contribution in [0.4, 0.5) is 5.82 Å². The quantitative estimate of drug-likeness (QED) is 0.782. The van der Waals surface area contributed by atoms with Gasteiger partial charge in [-0.25, -0.2) is 15.0 Å². The van der Waals surface area contributed by atoms with Crippen molar-refractivity contribution in [1.29, 1.82) is 0 Å². The average Bonchev–Trinajstić information content (AvgIpc) is 3.07. The molecule has 3 rings (SSSR count). The van der Waals surface area contributed by atoms with Crippen molar-refractivity contribution in [2.45, 2.75) is 13.1 Å². The number of imidazole rings is 1. The SMILES string of the molecule is CNc1nc(CN(C)Cc2nccn2C)nc2sccc12. The van der Waals surface area contributed by atoms with E-state index in [0.29, 0.717) is 6.54 Å². The molecule has 0 saturated carbocycles. The Morgan fingerprint density at radius 2 is 2.19 bits per heavy atom. The van der Waals surface area contributed by atoms with Crippen LogP contribution in [0, 0.1) is 0 Å². The van der Waals surface area contributed by atoms with E-state index in [0.717, 1.165) is 34.2 Å². The first-order chi connectivity index (χ1) is 10.2. The summed E-state index contributed by atoms with van der Waals surface area (Å²) in [4.78, 5) is 16.8. The lowest BCUT2D eigenvalue weighted by molar-refractivity contribution is 0.300. The molecule has 3 aromatic heterocycles. The second kappa shape index (κ2) is 5.79. The van der Waals surface area contributed by atoms with Gasteiger partial charge in [0.2, 0.25) is 0 Å². The molecule has 6 nitrogen and oxygen atoms in total. The van der Waals surface area contributed by atoms with Crippen LogP contribution < -0.4 is 5.32 Å². The summed E-state index contributed by atoms with van der Waals surface area (Å²) in [6, 6.07) is 2.05. The third-order valence-corrected chi connectivity index (χ3v) is 4.16. The molecule has 0 aliphatic carbocycles. The first-order valence-corrected chi connectivity index (χ1v) is 7.62. The largest absolute Gasteiger partial charge is 0.372 e. The van der Waals surface area contributed by atoms with Crippen molar-refractivity contribution < 1.29 is 0 Å². The molecule has 0 aromatic carbocycles. The van der Waals surface area contributed by atoms with Crippen molar-refractivity contribution in [1.82, 2.24) is 24.4 Å². The van der Waals surface area contributed by atoms with E-state index in [1.807, 2.05) is 42.5 Å². The number of hydrogen-bond donors (Lipinski definition) is 1. The molecule has 0 spiro atoms. The summed E-state index contributed by atoms with van der Waals surface area (Å²) >= 11 is 1.64. The highest BCUT2D eigenvalue weighted by Crippen LogP contribution is 2.24. The van der Waals surface area contributed by atoms with E-state index < -0.39 is 0 Å². The predicted molar refractivity (Wildman–Crippen MR) is 85.3 cm³/mol. The highest BCUT2D eigenvalue weighted by atomic mass is 32.1. The lowest BCUT2D eigenvalue weighted by Crippen LogP contribution is -2.21. The molecule has 21 heavy (non-hydrogen) atoms. The van der Waals surface area contributed by atoms with Gasteiger partial charge in [0.15, 0.2) is 0 Å². The van der Waals surface area contributed by atoms with Crippen LogP contribution in [-0.2, 0) is 20.1 Å². The second-order valence-electron chi connectivity index (χ2n) is 5.00. The van der Waals surface area contributed by atoms with E-state index in [-0.39, 0.29) is 0 Å². The normalized spacial score (nSPS) is 11.4. The van der Waals surface area contributed by atoms with Crippen LogP contribution in [0.5, 0.6) is 0 Å². The van der Waals surface area contributed by atoms with Crippen LogP contribution in [0.3, 0.4) is 0 Å². The van der Waals surface area contributed by atoms with Gasteiger partial charge in [0.1, 0.15) is 22.3 Å². The van der Waals surface area contributed by atoms with Gasteiger partial charge in [-0.15, -0.1) is 11.3 Å². The van der Waals surface area contributed by atoms with Crippen molar-refractivity contribution in [3.05, 3.63) is 35.5 Å². The molecule has 0 saturated heterocycles.